The van der Waals surface area contributed by atoms with Crippen LogP contribution < -0.4 is 15.5 Å². The topological polar surface area (TPSA) is 74.3 Å². The molecule has 6 nitrogen and oxygen atoms in total. The summed E-state index contributed by atoms with van der Waals surface area (Å²) in [5, 5.41) is 5.37. The van der Waals surface area contributed by atoms with Crippen LogP contribution in [0.2, 0.25) is 0 Å². The van der Waals surface area contributed by atoms with Gasteiger partial charge in [-0.2, -0.15) is 0 Å². The maximum atomic E-state index is 14.3. The summed E-state index contributed by atoms with van der Waals surface area (Å²) in [6.45, 7) is 0.939. The van der Waals surface area contributed by atoms with Crippen molar-refractivity contribution in [1.82, 2.24) is 10.3 Å². The second kappa shape index (κ2) is 8.28. The average molecular weight is 408 g/mol. The predicted molar refractivity (Wildman–Crippen MR) is 109 cm³/mol. The molecule has 3 amide bonds. The van der Waals surface area contributed by atoms with Crippen LogP contribution in [0.3, 0.4) is 0 Å². The van der Waals surface area contributed by atoms with Gasteiger partial charge in [-0.05, 0) is 48.4 Å². The first kappa shape index (κ1) is 19.5. The molecule has 30 heavy (non-hydrogen) atoms. The molecular formula is C22H18F2N4O2. The van der Waals surface area contributed by atoms with Gasteiger partial charge < -0.3 is 10.6 Å². The van der Waals surface area contributed by atoms with Crippen molar-refractivity contribution >= 4 is 23.3 Å². The predicted octanol–water partition coefficient (Wildman–Crippen LogP) is 4.20. The maximum absolute atomic E-state index is 14.3. The zero-order chi connectivity index (χ0) is 21.1. The quantitative estimate of drug-likeness (QED) is 0.680. The van der Waals surface area contributed by atoms with Crippen molar-refractivity contribution in [2.45, 2.75) is 6.42 Å². The molecule has 0 spiro atoms. The van der Waals surface area contributed by atoms with Gasteiger partial charge in [-0.15, -0.1) is 0 Å². The lowest BCUT2D eigenvalue weighted by Gasteiger charge is -2.28. The van der Waals surface area contributed by atoms with E-state index < -0.39 is 11.7 Å². The second-order valence-corrected chi connectivity index (χ2v) is 6.83. The number of nitrogens with zero attached hydrogens (tertiary/aromatic N) is 2. The van der Waals surface area contributed by atoms with Crippen molar-refractivity contribution in [2.24, 2.45) is 0 Å². The first-order valence-electron chi connectivity index (χ1n) is 9.38. The van der Waals surface area contributed by atoms with Crippen LogP contribution in [-0.4, -0.2) is 30.0 Å². The van der Waals surface area contributed by atoms with Crippen molar-refractivity contribution < 1.29 is 18.4 Å². The van der Waals surface area contributed by atoms with Gasteiger partial charge in [-0.1, -0.05) is 12.1 Å². The van der Waals surface area contributed by atoms with Crippen molar-refractivity contribution in [3.63, 3.8) is 0 Å². The molecule has 1 saturated heterocycles. The van der Waals surface area contributed by atoms with Crippen LogP contribution in [0.5, 0.6) is 0 Å². The molecule has 0 radical (unpaired) electrons. The zero-order valence-electron chi connectivity index (χ0n) is 15.9. The van der Waals surface area contributed by atoms with Gasteiger partial charge in [-0.3, -0.25) is 14.7 Å². The molecule has 8 heteroatoms. The summed E-state index contributed by atoms with van der Waals surface area (Å²) in [5.74, 6) is -1.34. The van der Waals surface area contributed by atoms with Crippen LogP contribution in [0.4, 0.5) is 25.0 Å². The molecule has 4 rings (SSSR count). The summed E-state index contributed by atoms with van der Waals surface area (Å²) in [6.07, 6.45) is 3.68. The highest BCUT2D eigenvalue weighted by atomic mass is 19.1. The summed E-state index contributed by atoms with van der Waals surface area (Å²) < 4.78 is 27.4. The number of nitrogens with one attached hydrogen (secondary N) is 2. The van der Waals surface area contributed by atoms with Gasteiger partial charge >= 0.3 is 6.03 Å². The number of hydrogen-bond acceptors (Lipinski definition) is 3. The van der Waals surface area contributed by atoms with Gasteiger partial charge in [0.2, 0.25) is 0 Å². The molecule has 1 aliphatic rings. The number of aromatic nitrogens is 1. The van der Waals surface area contributed by atoms with Crippen molar-refractivity contribution in [3.8, 4) is 11.1 Å². The van der Waals surface area contributed by atoms with Crippen LogP contribution >= 0.6 is 0 Å². The van der Waals surface area contributed by atoms with Gasteiger partial charge in [0, 0.05) is 36.7 Å². The lowest BCUT2D eigenvalue weighted by atomic mass is 10.1. The van der Waals surface area contributed by atoms with Crippen molar-refractivity contribution in [1.29, 1.82) is 0 Å². The van der Waals surface area contributed by atoms with Crippen LogP contribution in [-0.2, 0) is 0 Å². The molecule has 1 aliphatic heterocycles. The minimum Gasteiger partial charge on any atom is -0.338 e. The molecule has 2 N–H and O–H groups in total. The van der Waals surface area contributed by atoms with E-state index in [2.05, 4.69) is 15.6 Å². The number of carbonyl (C=O) groups is 2. The fourth-order valence-corrected chi connectivity index (χ4v) is 3.22. The first-order valence-corrected chi connectivity index (χ1v) is 9.38. The van der Waals surface area contributed by atoms with E-state index in [1.54, 1.807) is 24.4 Å². The molecule has 0 aliphatic carbocycles. The third-order valence-corrected chi connectivity index (χ3v) is 4.75. The monoisotopic (exact) mass is 408 g/mol. The lowest BCUT2D eigenvalue weighted by Crippen LogP contribution is -2.46. The smallest absolute Gasteiger partial charge is 0.321 e. The first-order chi connectivity index (χ1) is 14.5. The van der Waals surface area contributed by atoms with E-state index in [0.29, 0.717) is 36.3 Å². The standard InChI is InChI=1S/C22H18F2N4O2/c23-17-4-2-14(3-5-17)15-10-16(13-25-12-15)21(29)27-18-6-7-19(24)20(11-18)28-9-1-8-26-22(28)30/h2-7,10-13H,1,8-9H2,(H,26,30)(H,27,29). The number of anilines is 2. The highest BCUT2D eigenvalue weighted by molar-refractivity contribution is 6.05. The van der Waals surface area contributed by atoms with E-state index in [1.165, 1.54) is 41.4 Å². The van der Waals surface area contributed by atoms with Gasteiger partial charge in [0.15, 0.2) is 0 Å². The number of hydrogen-bond donors (Lipinski definition) is 2. The number of amides is 3. The van der Waals surface area contributed by atoms with Gasteiger partial charge in [-0.25, -0.2) is 13.6 Å². The Morgan fingerprint density at radius 1 is 1.03 bits per heavy atom. The van der Waals surface area contributed by atoms with E-state index in [9.17, 15) is 18.4 Å². The zero-order valence-corrected chi connectivity index (χ0v) is 15.9. The molecule has 0 atom stereocenters. The number of pyridine rings is 1. The largest absolute Gasteiger partial charge is 0.338 e. The fraction of sp³-hybridized carbons (Fsp3) is 0.136. The Morgan fingerprint density at radius 3 is 2.60 bits per heavy atom. The van der Waals surface area contributed by atoms with Crippen LogP contribution in [0.15, 0.2) is 60.9 Å². The minimum atomic E-state index is -0.551. The Kier molecular flexibility index (Phi) is 5.38. The number of urea groups is 1. The third kappa shape index (κ3) is 4.12. The third-order valence-electron chi connectivity index (χ3n) is 4.75. The van der Waals surface area contributed by atoms with E-state index >= 15 is 0 Å². The van der Waals surface area contributed by atoms with Crippen molar-refractivity contribution in [3.05, 3.63) is 78.1 Å². The Hall–Kier alpha value is -3.81. The molecule has 3 aromatic rings. The van der Waals surface area contributed by atoms with E-state index in [4.69, 9.17) is 0 Å². The number of carbonyl (C=O) groups excluding carboxylic acids is 2. The van der Waals surface area contributed by atoms with Crippen LogP contribution in [0.1, 0.15) is 16.8 Å². The second-order valence-electron chi connectivity index (χ2n) is 6.83. The fourth-order valence-electron chi connectivity index (χ4n) is 3.22. The van der Waals surface area contributed by atoms with Crippen LogP contribution in [0, 0.1) is 11.6 Å². The molecule has 152 valence electrons. The Bertz CT molecular complexity index is 1100. The molecule has 2 aromatic carbocycles. The summed E-state index contributed by atoms with van der Waals surface area (Å²) in [5.41, 5.74) is 2.12. The molecule has 0 bridgehead atoms. The summed E-state index contributed by atoms with van der Waals surface area (Å²) in [7, 11) is 0. The Balaban J connectivity index is 1.55. The summed E-state index contributed by atoms with van der Waals surface area (Å²) in [6, 6.07) is 11.2. The lowest BCUT2D eigenvalue weighted by molar-refractivity contribution is 0.102. The number of rotatable bonds is 4. The number of halogens is 2. The van der Waals surface area contributed by atoms with E-state index in [0.717, 1.165) is 5.56 Å². The highest BCUT2D eigenvalue weighted by Crippen LogP contribution is 2.26. The van der Waals surface area contributed by atoms with E-state index in [1.807, 2.05) is 0 Å². The van der Waals surface area contributed by atoms with Gasteiger partial charge in [0.25, 0.3) is 5.91 Å². The van der Waals surface area contributed by atoms with E-state index in [-0.39, 0.29) is 17.5 Å². The average Bonchev–Trinajstić information content (AvgIpc) is 2.76. The molecule has 1 fully saturated rings. The summed E-state index contributed by atoms with van der Waals surface area (Å²) >= 11 is 0. The highest BCUT2D eigenvalue weighted by Gasteiger charge is 2.22. The van der Waals surface area contributed by atoms with Gasteiger partial charge in [0.1, 0.15) is 11.6 Å². The summed E-state index contributed by atoms with van der Waals surface area (Å²) in [4.78, 5) is 30.1. The molecule has 2 heterocycles. The maximum Gasteiger partial charge on any atom is 0.321 e. The van der Waals surface area contributed by atoms with Gasteiger partial charge in [0.05, 0.1) is 11.3 Å². The SMILES string of the molecule is O=C(Nc1ccc(F)c(N2CCCNC2=O)c1)c1cncc(-c2ccc(F)cc2)c1. The number of benzene rings is 2. The molecule has 0 unspecified atom stereocenters. The van der Waals surface area contributed by atoms with Crippen molar-refractivity contribution in [2.75, 3.05) is 23.3 Å². The minimum absolute atomic E-state index is 0.100. The normalized spacial score (nSPS) is 13.7. The molecule has 1 aromatic heterocycles. The molecule has 0 saturated carbocycles. The molecular weight excluding hydrogens is 390 g/mol. The Morgan fingerprint density at radius 2 is 1.83 bits per heavy atom. The Labute approximate surface area is 171 Å². The van der Waals surface area contributed by atoms with Crippen LogP contribution in [0.25, 0.3) is 11.1 Å².